The number of nitrogens with one attached hydrogen (secondary N) is 2. The maximum atomic E-state index is 12.4. The molecule has 0 aliphatic rings. The van der Waals surface area contributed by atoms with Gasteiger partial charge < -0.3 is 10.6 Å². The van der Waals surface area contributed by atoms with Gasteiger partial charge >= 0.3 is 0 Å². The second-order valence-electron chi connectivity index (χ2n) is 6.43. The molecular weight excluding hydrogens is 384 g/mol. The Morgan fingerprint density at radius 3 is 2.37 bits per heavy atom. The number of pyridine rings is 1. The molecule has 10 heteroatoms. The highest BCUT2D eigenvalue weighted by Crippen LogP contribution is 2.16. The summed E-state index contributed by atoms with van der Waals surface area (Å²) in [6, 6.07) is 11.5. The van der Waals surface area contributed by atoms with Gasteiger partial charge in [0.25, 0.3) is 5.91 Å². The van der Waals surface area contributed by atoms with Crippen LogP contribution in [0.2, 0.25) is 0 Å². The predicted octanol–water partition coefficient (Wildman–Crippen LogP) is 2.31. The quantitative estimate of drug-likeness (QED) is 0.511. The lowest BCUT2D eigenvalue weighted by molar-refractivity contribution is -0.119. The van der Waals surface area contributed by atoms with Gasteiger partial charge in [-0.1, -0.05) is 0 Å². The second-order valence-corrected chi connectivity index (χ2v) is 6.43. The minimum Gasteiger partial charge on any atom is -0.324 e. The van der Waals surface area contributed by atoms with Crippen molar-refractivity contribution >= 4 is 23.2 Å². The summed E-state index contributed by atoms with van der Waals surface area (Å²) in [5, 5.41) is 13.7. The number of aromatic nitrogens is 6. The van der Waals surface area contributed by atoms with Crippen molar-refractivity contribution < 1.29 is 9.59 Å². The van der Waals surface area contributed by atoms with Crippen LogP contribution in [0.15, 0.2) is 73.7 Å². The van der Waals surface area contributed by atoms with E-state index in [-0.39, 0.29) is 11.8 Å². The van der Waals surface area contributed by atoms with Gasteiger partial charge in [0, 0.05) is 30.0 Å². The number of hydrogen-bond donors (Lipinski definition) is 2. The number of hydrogen-bond acceptors (Lipinski definition) is 6. The van der Waals surface area contributed by atoms with E-state index in [1.54, 1.807) is 66.5 Å². The van der Waals surface area contributed by atoms with E-state index < -0.39 is 6.04 Å². The molecule has 0 aliphatic heterocycles. The Bertz CT molecular complexity index is 1120. The molecule has 2 N–H and O–H groups in total. The van der Waals surface area contributed by atoms with E-state index in [1.807, 2.05) is 0 Å². The minimum absolute atomic E-state index is 0.222. The molecule has 4 rings (SSSR count). The van der Waals surface area contributed by atoms with Crippen LogP contribution in [-0.4, -0.2) is 41.3 Å². The lowest BCUT2D eigenvalue weighted by atomic mass is 10.2. The van der Waals surface area contributed by atoms with E-state index in [0.29, 0.717) is 22.8 Å². The Labute approximate surface area is 171 Å². The Balaban J connectivity index is 1.36. The summed E-state index contributed by atoms with van der Waals surface area (Å²) in [6.07, 6.45) is 7.78. The third-order valence-corrected chi connectivity index (χ3v) is 4.37. The number of carbonyl (C=O) groups is 2. The van der Waals surface area contributed by atoms with Crippen molar-refractivity contribution in [1.82, 2.24) is 29.5 Å². The number of anilines is 2. The molecule has 0 spiro atoms. The minimum atomic E-state index is -0.496. The first-order valence-electron chi connectivity index (χ1n) is 9.12. The summed E-state index contributed by atoms with van der Waals surface area (Å²) in [5.74, 6) is 0.114. The highest BCUT2D eigenvalue weighted by Gasteiger charge is 2.15. The van der Waals surface area contributed by atoms with Gasteiger partial charge in [-0.2, -0.15) is 10.2 Å². The van der Waals surface area contributed by atoms with Crippen LogP contribution in [0, 0.1) is 0 Å². The number of carbonyl (C=O) groups excluding carboxylic acids is 2. The van der Waals surface area contributed by atoms with Gasteiger partial charge in [0.1, 0.15) is 18.7 Å². The SMILES string of the molecule is CC(C(=O)Nc1ccc(NC(=O)c2ccc(-n3cccn3)nc2)cc1)n1cncn1. The Hall–Kier alpha value is -4.34. The largest absolute Gasteiger partial charge is 0.324 e. The molecule has 0 saturated heterocycles. The van der Waals surface area contributed by atoms with Gasteiger partial charge in [-0.25, -0.2) is 19.3 Å². The van der Waals surface area contributed by atoms with Crippen LogP contribution in [0.3, 0.4) is 0 Å². The van der Waals surface area contributed by atoms with Crippen molar-refractivity contribution in [2.45, 2.75) is 13.0 Å². The fourth-order valence-electron chi connectivity index (χ4n) is 2.68. The zero-order valence-electron chi connectivity index (χ0n) is 16.0. The summed E-state index contributed by atoms with van der Waals surface area (Å²) in [6.45, 7) is 1.73. The smallest absolute Gasteiger partial charge is 0.257 e. The normalized spacial score (nSPS) is 11.6. The number of amides is 2. The average molecular weight is 402 g/mol. The topological polar surface area (TPSA) is 120 Å². The molecule has 0 fully saturated rings. The van der Waals surface area contributed by atoms with E-state index in [2.05, 4.69) is 30.8 Å². The molecule has 2 amide bonds. The third kappa shape index (κ3) is 4.22. The maximum Gasteiger partial charge on any atom is 0.257 e. The van der Waals surface area contributed by atoms with Crippen molar-refractivity contribution in [3.63, 3.8) is 0 Å². The van der Waals surface area contributed by atoms with Crippen molar-refractivity contribution in [3.05, 3.63) is 79.3 Å². The number of benzene rings is 1. The summed E-state index contributed by atoms with van der Waals surface area (Å²) in [4.78, 5) is 32.8. The molecule has 0 bridgehead atoms. The molecule has 3 heterocycles. The average Bonchev–Trinajstić information content (AvgIpc) is 3.49. The molecule has 1 aromatic carbocycles. The van der Waals surface area contributed by atoms with Gasteiger partial charge in [-0.15, -0.1) is 0 Å². The monoisotopic (exact) mass is 402 g/mol. The van der Waals surface area contributed by atoms with Gasteiger partial charge in [-0.3, -0.25) is 9.59 Å². The lowest BCUT2D eigenvalue weighted by Gasteiger charge is -2.12. The highest BCUT2D eigenvalue weighted by molar-refractivity contribution is 6.04. The molecule has 3 aromatic heterocycles. The Morgan fingerprint density at radius 1 is 1.00 bits per heavy atom. The fraction of sp³-hybridized carbons (Fsp3) is 0.100. The maximum absolute atomic E-state index is 12.4. The molecule has 0 saturated carbocycles. The van der Waals surface area contributed by atoms with Crippen molar-refractivity contribution in [2.75, 3.05) is 10.6 Å². The van der Waals surface area contributed by atoms with Crippen molar-refractivity contribution in [2.24, 2.45) is 0 Å². The van der Waals surface area contributed by atoms with Crippen LogP contribution >= 0.6 is 0 Å². The summed E-state index contributed by atoms with van der Waals surface area (Å²) in [5.41, 5.74) is 1.62. The van der Waals surface area contributed by atoms with E-state index in [9.17, 15) is 9.59 Å². The summed E-state index contributed by atoms with van der Waals surface area (Å²) < 4.78 is 3.08. The predicted molar refractivity (Wildman–Crippen MR) is 109 cm³/mol. The van der Waals surface area contributed by atoms with Crippen molar-refractivity contribution in [1.29, 1.82) is 0 Å². The van der Waals surface area contributed by atoms with Crippen LogP contribution in [0.1, 0.15) is 23.3 Å². The first kappa shape index (κ1) is 19.0. The van der Waals surface area contributed by atoms with Gasteiger partial charge in [0.15, 0.2) is 5.82 Å². The molecule has 150 valence electrons. The van der Waals surface area contributed by atoms with E-state index in [1.165, 1.54) is 23.5 Å². The molecule has 30 heavy (non-hydrogen) atoms. The molecule has 10 nitrogen and oxygen atoms in total. The standard InChI is InChI=1S/C20H18N8O2/c1-14(28-13-21-12-24-28)19(29)25-16-4-6-17(7-5-16)26-20(30)15-3-8-18(22-11-15)27-10-2-9-23-27/h2-14H,1H3,(H,25,29)(H,26,30). The first-order chi connectivity index (χ1) is 14.6. The Kier molecular flexibility index (Phi) is 5.29. The van der Waals surface area contributed by atoms with Crippen LogP contribution in [-0.2, 0) is 4.79 Å². The van der Waals surface area contributed by atoms with Crippen LogP contribution in [0.4, 0.5) is 11.4 Å². The molecule has 1 unspecified atom stereocenters. The number of rotatable bonds is 6. The zero-order chi connectivity index (χ0) is 20.9. The highest BCUT2D eigenvalue weighted by atomic mass is 16.2. The second kappa shape index (κ2) is 8.35. The fourth-order valence-corrected chi connectivity index (χ4v) is 2.68. The molecular formula is C20H18N8O2. The van der Waals surface area contributed by atoms with Crippen LogP contribution in [0.25, 0.3) is 5.82 Å². The molecule has 0 aliphatic carbocycles. The van der Waals surface area contributed by atoms with E-state index in [0.717, 1.165) is 0 Å². The number of nitrogens with zero attached hydrogens (tertiary/aromatic N) is 6. The summed E-state index contributed by atoms with van der Waals surface area (Å²) >= 11 is 0. The van der Waals surface area contributed by atoms with E-state index >= 15 is 0 Å². The molecule has 0 radical (unpaired) electrons. The molecule has 4 aromatic rings. The Morgan fingerprint density at radius 2 is 1.77 bits per heavy atom. The third-order valence-electron chi connectivity index (χ3n) is 4.37. The van der Waals surface area contributed by atoms with Gasteiger partial charge in [-0.05, 0) is 49.4 Å². The first-order valence-corrected chi connectivity index (χ1v) is 9.12. The molecule has 1 atom stereocenters. The van der Waals surface area contributed by atoms with Gasteiger partial charge in [0.2, 0.25) is 5.91 Å². The van der Waals surface area contributed by atoms with Crippen LogP contribution in [0.5, 0.6) is 0 Å². The van der Waals surface area contributed by atoms with Crippen molar-refractivity contribution in [3.8, 4) is 5.82 Å². The lowest BCUT2D eigenvalue weighted by Crippen LogP contribution is -2.24. The summed E-state index contributed by atoms with van der Waals surface area (Å²) in [7, 11) is 0. The van der Waals surface area contributed by atoms with Gasteiger partial charge in [0.05, 0.1) is 5.56 Å². The zero-order valence-corrected chi connectivity index (χ0v) is 16.0. The van der Waals surface area contributed by atoms with Crippen LogP contribution < -0.4 is 10.6 Å². The van der Waals surface area contributed by atoms with E-state index in [4.69, 9.17) is 0 Å².